The zero-order chi connectivity index (χ0) is 21.8. The summed E-state index contributed by atoms with van der Waals surface area (Å²) in [6.45, 7) is 0.641. The molecule has 4 aromatic rings. The Morgan fingerprint density at radius 3 is 2.52 bits per heavy atom. The number of aromatic nitrogens is 1. The van der Waals surface area contributed by atoms with Crippen LogP contribution in [0.3, 0.4) is 0 Å². The second kappa shape index (κ2) is 9.09. The molecule has 0 aliphatic heterocycles. The average molecular weight is 446 g/mol. The number of rotatable bonds is 5. The Morgan fingerprint density at radius 2 is 1.77 bits per heavy atom. The number of nitrogens with zero attached hydrogens (tertiary/aromatic N) is 2. The molecule has 0 bridgehead atoms. The molecular formula is C25H17Cl2N3O. The first-order chi connectivity index (χ1) is 15.0. The van der Waals surface area contributed by atoms with Crippen molar-refractivity contribution in [3.63, 3.8) is 0 Å². The molecule has 0 fully saturated rings. The number of carbonyl (C=O) groups is 1. The van der Waals surface area contributed by atoms with Crippen LogP contribution in [-0.4, -0.2) is 10.5 Å². The zero-order valence-electron chi connectivity index (χ0n) is 16.3. The second-order valence-corrected chi connectivity index (χ2v) is 7.86. The van der Waals surface area contributed by atoms with E-state index in [1.807, 2.05) is 60.8 Å². The molecular weight excluding hydrogens is 429 g/mol. The molecule has 3 aromatic carbocycles. The molecule has 0 aliphatic carbocycles. The van der Waals surface area contributed by atoms with Gasteiger partial charge in [-0.25, -0.2) is 0 Å². The molecule has 1 heterocycles. The summed E-state index contributed by atoms with van der Waals surface area (Å²) >= 11 is 12.0. The standard InChI is InChI=1S/C25H17Cl2N3O/c26-20-10-8-17(9-11-20)15-30-16-19(23-6-1-2-7-24(23)30)12-18(14-28)25(31)29-22-5-3-4-21(27)13-22/h1-13,16H,15H2,(H,29,31). The smallest absolute Gasteiger partial charge is 0.266 e. The van der Waals surface area contributed by atoms with E-state index < -0.39 is 5.91 Å². The predicted molar refractivity (Wildman–Crippen MR) is 126 cm³/mol. The second-order valence-electron chi connectivity index (χ2n) is 6.99. The maximum Gasteiger partial charge on any atom is 0.266 e. The van der Waals surface area contributed by atoms with Gasteiger partial charge in [0.05, 0.1) is 0 Å². The summed E-state index contributed by atoms with van der Waals surface area (Å²) in [7, 11) is 0. The van der Waals surface area contributed by atoms with E-state index >= 15 is 0 Å². The molecule has 0 unspecified atom stereocenters. The quantitative estimate of drug-likeness (QED) is 0.280. The summed E-state index contributed by atoms with van der Waals surface area (Å²) in [5.41, 5.74) is 3.44. The highest BCUT2D eigenvalue weighted by atomic mass is 35.5. The van der Waals surface area contributed by atoms with Crippen molar-refractivity contribution in [3.05, 3.63) is 106 Å². The molecule has 1 amide bonds. The number of nitriles is 1. The van der Waals surface area contributed by atoms with E-state index in [1.54, 1.807) is 30.3 Å². The van der Waals surface area contributed by atoms with Gasteiger partial charge in [0.2, 0.25) is 0 Å². The van der Waals surface area contributed by atoms with Crippen molar-refractivity contribution in [2.75, 3.05) is 5.32 Å². The highest BCUT2D eigenvalue weighted by Crippen LogP contribution is 2.25. The fraction of sp³-hybridized carbons (Fsp3) is 0.0400. The largest absolute Gasteiger partial charge is 0.342 e. The maximum absolute atomic E-state index is 12.7. The van der Waals surface area contributed by atoms with Crippen LogP contribution in [0.25, 0.3) is 17.0 Å². The highest BCUT2D eigenvalue weighted by Gasteiger charge is 2.13. The van der Waals surface area contributed by atoms with Gasteiger partial charge in [0, 0.05) is 44.9 Å². The van der Waals surface area contributed by atoms with Gasteiger partial charge >= 0.3 is 0 Å². The van der Waals surface area contributed by atoms with Crippen molar-refractivity contribution in [1.82, 2.24) is 4.57 Å². The minimum atomic E-state index is -0.487. The third kappa shape index (κ3) is 4.80. The van der Waals surface area contributed by atoms with Gasteiger partial charge in [-0.1, -0.05) is 59.6 Å². The van der Waals surface area contributed by atoms with Gasteiger partial charge in [0.1, 0.15) is 11.6 Å². The summed E-state index contributed by atoms with van der Waals surface area (Å²) in [6.07, 6.45) is 3.56. The lowest BCUT2D eigenvalue weighted by atomic mass is 10.1. The molecule has 6 heteroatoms. The van der Waals surface area contributed by atoms with Gasteiger partial charge in [-0.2, -0.15) is 5.26 Å². The van der Waals surface area contributed by atoms with Crippen molar-refractivity contribution in [2.24, 2.45) is 0 Å². The molecule has 0 saturated heterocycles. The number of hydrogen-bond acceptors (Lipinski definition) is 2. The molecule has 1 N–H and O–H groups in total. The number of nitrogens with one attached hydrogen (secondary N) is 1. The normalized spacial score (nSPS) is 11.3. The molecule has 0 radical (unpaired) electrons. The summed E-state index contributed by atoms with van der Waals surface area (Å²) in [4.78, 5) is 12.7. The Bertz CT molecular complexity index is 1330. The van der Waals surface area contributed by atoms with Crippen molar-refractivity contribution < 1.29 is 4.79 Å². The lowest BCUT2D eigenvalue weighted by molar-refractivity contribution is -0.112. The molecule has 31 heavy (non-hydrogen) atoms. The number of hydrogen-bond donors (Lipinski definition) is 1. The van der Waals surface area contributed by atoms with E-state index in [9.17, 15) is 10.1 Å². The first-order valence-corrected chi connectivity index (χ1v) is 10.3. The Hall–Kier alpha value is -3.52. The number of fused-ring (bicyclic) bond motifs is 1. The fourth-order valence-electron chi connectivity index (χ4n) is 3.38. The minimum Gasteiger partial charge on any atom is -0.342 e. The SMILES string of the molecule is N#CC(=Cc1cn(Cc2ccc(Cl)cc2)c2ccccc12)C(=O)Nc1cccc(Cl)c1. The van der Waals surface area contributed by atoms with Gasteiger partial charge < -0.3 is 9.88 Å². The molecule has 0 spiro atoms. The van der Waals surface area contributed by atoms with Crippen molar-refractivity contribution >= 4 is 51.8 Å². The third-order valence-electron chi connectivity index (χ3n) is 4.83. The van der Waals surface area contributed by atoms with Crippen LogP contribution >= 0.6 is 23.2 Å². The topological polar surface area (TPSA) is 57.8 Å². The monoisotopic (exact) mass is 445 g/mol. The lowest BCUT2D eigenvalue weighted by Gasteiger charge is -2.05. The summed E-state index contributed by atoms with van der Waals surface area (Å²) < 4.78 is 2.09. The minimum absolute atomic E-state index is 0.00868. The van der Waals surface area contributed by atoms with E-state index in [0.717, 1.165) is 22.0 Å². The predicted octanol–water partition coefficient (Wildman–Crippen LogP) is 6.54. The van der Waals surface area contributed by atoms with Crippen molar-refractivity contribution in [2.45, 2.75) is 6.54 Å². The van der Waals surface area contributed by atoms with E-state index in [-0.39, 0.29) is 5.57 Å². The van der Waals surface area contributed by atoms with Crippen LogP contribution < -0.4 is 5.32 Å². The van der Waals surface area contributed by atoms with E-state index in [2.05, 4.69) is 9.88 Å². The summed E-state index contributed by atoms with van der Waals surface area (Å²) in [6, 6.07) is 24.4. The molecule has 4 rings (SSSR count). The number of para-hydroxylation sites is 1. The van der Waals surface area contributed by atoms with Crippen LogP contribution in [0.1, 0.15) is 11.1 Å². The van der Waals surface area contributed by atoms with Crippen LogP contribution in [0.2, 0.25) is 10.0 Å². The molecule has 1 aromatic heterocycles. The van der Waals surface area contributed by atoms with Crippen molar-refractivity contribution in [1.29, 1.82) is 5.26 Å². The summed E-state index contributed by atoms with van der Waals surface area (Å²) in [5, 5.41) is 14.5. The molecule has 4 nitrogen and oxygen atoms in total. The highest BCUT2D eigenvalue weighted by molar-refractivity contribution is 6.31. The number of anilines is 1. The van der Waals surface area contributed by atoms with Gasteiger partial charge in [-0.05, 0) is 48.0 Å². The third-order valence-corrected chi connectivity index (χ3v) is 5.32. The van der Waals surface area contributed by atoms with Crippen LogP contribution in [0.5, 0.6) is 0 Å². The van der Waals surface area contributed by atoms with Gasteiger partial charge in [0.25, 0.3) is 5.91 Å². The molecule has 0 aliphatic rings. The van der Waals surface area contributed by atoms with Gasteiger partial charge in [-0.3, -0.25) is 4.79 Å². The van der Waals surface area contributed by atoms with Crippen LogP contribution in [0, 0.1) is 11.3 Å². The van der Waals surface area contributed by atoms with E-state index in [1.165, 1.54) is 0 Å². The number of benzene rings is 3. The number of halogens is 2. The first-order valence-electron chi connectivity index (χ1n) is 9.54. The van der Waals surface area contributed by atoms with Gasteiger partial charge in [-0.15, -0.1) is 0 Å². The Morgan fingerprint density at radius 1 is 1.00 bits per heavy atom. The first kappa shape index (κ1) is 20.7. The van der Waals surface area contributed by atoms with Gasteiger partial charge in [0.15, 0.2) is 0 Å². The van der Waals surface area contributed by atoms with Crippen LogP contribution in [-0.2, 0) is 11.3 Å². The Balaban J connectivity index is 1.67. The fourth-order valence-corrected chi connectivity index (χ4v) is 3.69. The van der Waals surface area contributed by atoms with Crippen LogP contribution in [0.15, 0.2) is 84.6 Å². The molecule has 152 valence electrons. The van der Waals surface area contributed by atoms with Crippen LogP contribution in [0.4, 0.5) is 5.69 Å². The molecule has 0 atom stereocenters. The average Bonchev–Trinajstić information content (AvgIpc) is 3.11. The number of carbonyl (C=O) groups excluding carboxylic acids is 1. The summed E-state index contributed by atoms with van der Waals surface area (Å²) in [5.74, 6) is -0.487. The lowest BCUT2D eigenvalue weighted by Crippen LogP contribution is -2.13. The Labute approximate surface area is 189 Å². The Kier molecular flexibility index (Phi) is 6.08. The number of amides is 1. The van der Waals surface area contributed by atoms with E-state index in [0.29, 0.717) is 22.3 Å². The zero-order valence-corrected chi connectivity index (χ0v) is 17.9. The molecule has 0 saturated carbocycles. The van der Waals surface area contributed by atoms with Crippen molar-refractivity contribution in [3.8, 4) is 6.07 Å². The maximum atomic E-state index is 12.7. The van der Waals surface area contributed by atoms with E-state index in [4.69, 9.17) is 23.2 Å².